The summed E-state index contributed by atoms with van der Waals surface area (Å²) in [6, 6.07) is 16.5. The predicted molar refractivity (Wildman–Crippen MR) is 170 cm³/mol. The van der Waals surface area contributed by atoms with Crippen molar-refractivity contribution in [2.24, 2.45) is 23.7 Å². The van der Waals surface area contributed by atoms with Gasteiger partial charge < -0.3 is 41.0 Å². The molecule has 4 saturated carbocycles. The Balaban J connectivity index is 0.000000464. The third kappa shape index (κ3) is 5.34. The maximum atomic E-state index is 3.98. The average Bonchev–Trinajstić information content (AvgIpc) is 3.72. The zero-order chi connectivity index (χ0) is 26.5. The van der Waals surface area contributed by atoms with E-state index in [0.717, 1.165) is 23.7 Å². The Morgan fingerprint density at radius 1 is 0.846 bits per heavy atom. The number of hydrogen-bond acceptors (Lipinski definition) is 2. The van der Waals surface area contributed by atoms with Gasteiger partial charge in [-0.25, -0.2) is 0 Å². The van der Waals surface area contributed by atoms with E-state index in [1.807, 2.05) is 30.3 Å². The molecular formula is C34H52FeN2P2-6. The first-order valence-corrected chi connectivity index (χ1v) is 17.1. The molecule has 4 aliphatic carbocycles. The Bertz CT molecular complexity index is 994. The molecule has 0 spiro atoms. The first-order chi connectivity index (χ1) is 18.3. The molecule has 39 heavy (non-hydrogen) atoms. The monoisotopic (exact) mass is 606 g/mol. The molecule has 4 unspecified atom stereocenters. The molecule has 2 aromatic rings. The first kappa shape index (κ1) is 30.5. The van der Waals surface area contributed by atoms with Gasteiger partial charge in [0.1, 0.15) is 0 Å². The fraction of sp³-hybridized carbons (Fsp3) is 0.706. The van der Waals surface area contributed by atoms with Crippen LogP contribution in [-0.2, 0) is 33.1 Å². The van der Waals surface area contributed by atoms with Gasteiger partial charge in [-0.05, 0) is 106 Å². The van der Waals surface area contributed by atoms with E-state index in [1.54, 1.807) is 16.7 Å². The number of rotatable bonds is 5. The third-order valence-electron chi connectivity index (χ3n) is 11.5. The van der Waals surface area contributed by atoms with E-state index in [2.05, 4.69) is 62.0 Å². The van der Waals surface area contributed by atoms with Crippen LogP contribution in [0.3, 0.4) is 0 Å². The zero-order valence-corrected chi connectivity index (χ0v) is 27.9. The quantitative estimate of drug-likeness (QED) is 0.213. The first-order valence-electron chi connectivity index (χ1n) is 15.7. The van der Waals surface area contributed by atoms with Crippen LogP contribution in [0.25, 0.3) is 0 Å². The maximum absolute atomic E-state index is 3.98. The van der Waals surface area contributed by atoms with Crippen molar-refractivity contribution in [3.63, 3.8) is 0 Å². The van der Waals surface area contributed by atoms with Gasteiger partial charge in [-0.15, -0.1) is 18.5 Å². The summed E-state index contributed by atoms with van der Waals surface area (Å²) in [5, 5.41) is 8.05. The van der Waals surface area contributed by atoms with Gasteiger partial charge in [0.25, 0.3) is 0 Å². The van der Waals surface area contributed by atoms with Crippen LogP contribution in [0, 0.1) is 23.7 Å². The van der Waals surface area contributed by atoms with E-state index in [0.29, 0.717) is 17.5 Å². The van der Waals surface area contributed by atoms with Crippen LogP contribution in [0.1, 0.15) is 95.2 Å². The van der Waals surface area contributed by atoms with E-state index in [4.69, 9.17) is 0 Å². The number of hydrogen-bond donors (Lipinski definition) is 2. The van der Waals surface area contributed by atoms with Crippen LogP contribution >= 0.6 is 18.5 Å². The van der Waals surface area contributed by atoms with Gasteiger partial charge in [-0.3, -0.25) is 0 Å². The summed E-state index contributed by atoms with van der Waals surface area (Å²) in [5.41, 5.74) is 5.61. The van der Waals surface area contributed by atoms with Crippen LogP contribution in [0.4, 0.5) is 0 Å². The molecule has 2 N–H and O–H groups in total. The van der Waals surface area contributed by atoms with E-state index >= 15 is 0 Å². The minimum Gasteiger partial charge on any atom is -0.748 e. The molecule has 222 valence electrons. The summed E-state index contributed by atoms with van der Waals surface area (Å²) in [6.07, 6.45) is 14.0. The van der Waals surface area contributed by atoms with Gasteiger partial charge in [0, 0.05) is 29.2 Å². The molecule has 2 heterocycles. The summed E-state index contributed by atoms with van der Waals surface area (Å²) < 4.78 is 0. The normalized spacial score (nSPS) is 36.7. The third-order valence-corrected chi connectivity index (χ3v) is 13.3. The molecule has 4 bridgehead atoms. The van der Waals surface area contributed by atoms with Crippen molar-refractivity contribution >= 4 is 18.5 Å². The number of nitrogens with one attached hydrogen (secondary N) is 2. The van der Waals surface area contributed by atoms with Gasteiger partial charge >= 0.3 is 0 Å². The van der Waals surface area contributed by atoms with Gasteiger partial charge in [0.05, 0.1) is 0 Å². The molecule has 0 radical (unpaired) electrons. The zero-order valence-electron chi connectivity index (χ0n) is 24.5. The Hall–Kier alpha value is -0.000519. The van der Waals surface area contributed by atoms with Crippen LogP contribution in [0.2, 0.25) is 0 Å². The second-order valence-corrected chi connectivity index (χ2v) is 15.9. The van der Waals surface area contributed by atoms with Crippen molar-refractivity contribution in [2.45, 2.75) is 107 Å². The van der Waals surface area contributed by atoms with Crippen molar-refractivity contribution in [1.82, 2.24) is 10.6 Å². The predicted octanol–water partition coefficient (Wildman–Crippen LogP) is 7.25. The fourth-order valence-corrected chi connectivity index (χ4v) is 11.4. The smallest absolute Gasteiger partial charge is 0.00995 e. The molecule has 5 heteroatoms. The van der Waals surface area contributed by atoms with Gasteiger partial charge in [-0.2, -0.15) is 28.8 Å². The molecule has 6 fully saturated rings. The van der Waals surface area contributed by atoms with Crippen molar-refractivity contribution in [3.05, 3.63) is 59.2 Å². The molecular weight excluding hydrogens is 554 g/mol. The van der Waals surface area contributed by atoms with Crippen LogP contribution in [0.15, 0.2) is 42.5 Å². The molecule has 2 aromatic carbocycles. The summed E-state index contributed by atoms with van der Waals surface area (Å²) >= 11 is 0. The second kappa shape index (κ2) is 11.9. The largest absolute Gasteiger partial charge is 0.748 e. The van der Waals surface area contributed by atoms with Crippen molar-refractivity contribution in [1.29, 1.82) is 0 Å². The van der Waals surface area contributed by atoms with Crippen molar-refractivity contribution in [3.8, 4) is 0 Å². The van der Waals surface area contributed by atoms with Crippen molar-refractivity contribution < 1.29 is 17.1 Å². The Morgan fingerprint density at radius 3 is 1.72 bits per heavy atom. The molecule has 2 nitrogen and oxygen atoms in total. The molecule has 0 amide bonds. The van der Waals surface area contributed by atoms with Gasteiger partial charge in [-0.1, -0.05) is 31.6 Å². The van der Waals surface area contributed by atoms with E-state index in [1.165, 1.54) is 77.0 Å². The van der Waals surface area contributed by atoms with Gasteiger partial charge in [0.15, 0.2) is 0 Å². The Kier molecular flexibility index (Phi) is 9.33. The summed E-state index contributed by atoms with van der Waals surface area (Å²) in [6.45, 7) is 9.63. The standard InChI is InChI=1S/C29H47N2P2.C5H5.Fe/c1-27(2,3)20-15-23(28(17-32)21-11-18-10-19(13-21)14-22(28)12-18)24(16-20)29(33,25-6-4-8-30-25)26-7-5-9-31-26;1-2-4-5-3-1;/h15-16,18-19,21-22,25-26,30-31H,4-14,17,32-33H2,1-3H3;1-5H;/q-1;-5;. The van der Waals surface area contributed by atoms with Crippen LogP contribution < -0.4 is 10.6 Å². The summed E-state index contributed by atoms with van der Waals surface area (Å²) in [4.78, 5) is 0. The van der Waals surface area contributed by atoms with E-state index < -0.39 is 0 Å². The molecule has 8 rings (SSSR count). The SMILES string of the molecule is CC(C)(C)[c-]1cc(C(P)(C2CCCN2)C2CCCN2)c(C2(CP)C3CC4CC(C3)CC2C4)c1.[Fe].[cH-]1[cH-][cH-][cH-][cH-]1. The molecule has 2 saturated heterocycles. The Morgan fingerprint density at radius 2 is 1.33 bits per heavy atom. The summed E-state index contributed by atoms with van der Waals surface area (Å²) in [5.74, 6) is 3.82. The average molecular weight is 607 g/mol. The Labute approximate surface area is 254 Å². The van der Waals surface area contributed by atoms with E-state index in [-0.39, 0.29) is 27.6 Å². The van der Waals surface area contributed by atoms with Gasteiger partial charge in [0.2, 0.25) is 0 Å². The molecule has 4 atom stereocenters. The topological polar surface area (TPSA) is 24.1 Å². The maximum Gasteiger partial charge on any atom is 0.00995 e. The minimum atomic E-state index is 0. The fourth-order valence-electron chi connectivity index (χ4n) is 9.72. The molecule has 6 aliphatic rings. The molecule has 0 aromatic heterocycles. The van der Waals surface area contributed by atoms with Crippen LogP contribution in [0.5, 0.6) is 0 Å². The van der Waals surface area contributed by atoms with E-state index in [9.17, 15) is 0 Å². The minimum absolute atomic E-state index is 0. The molecule has 2 aliphatic heterocycles. The van der Waals surface area contributed by atoms with Crippen LogP contribution in [-0.4, -0.2) is 31.3 Å². The second-order valence-electron chi connectivity index (χ2n) is 14.6. The summed E-state index contributed by atoms with van der Waals surface area (Å²) in [7, 11) is 6.77. The van der Waals surface area contributed by atoms with Crippen molar-refractivity contribution in [2.75, 3.05) is 19.3 Å².